The summed E-state index contributed by atoms with van der Waals surface area (Å²) in [6, 6.07) is 11.6. The van der Waals surface area contributed by atoms with Crippen molar-refractivity contribution in [3.63, 3.8) is 0 Å². The van der Waals surface area contributed by atoms with E-state index in [1.807, 2.05) is 36.4 Å². The van der Waals surface area contributed by atoms with Crippen molar-refractivity contribution in [3.8, 4) is 11.5 Å². The lowest BCUT2D eigenvalue weighted by molar-refractivity contribution is 0.107. The SMILES string of the molecule is Nc1cc(Br)cc(COCc2ccc3c(c2)OCO3)c1. The fourth-order valence-electron chi connectivity index (χ4n) is 2.08. The number of anilines is 1. The van der Waals surface area contributed by atoms with E-state index in [9.17, 15) is 0 Å². The van der Waals surface area contributed by atoms with Gasteiger partial charge in [-0.05, 0) is 41.5 Å². The molecule has 0 radical (unpaired) electrons. The Balaban J connectivity index is 1.59. The number of benzene rings is 2. The molecule has 0 spiro atoms. The van der Waals surface area contributed by atoms with E-state index in [2.05, 4.69) is 15.9 Å². The zero-order valence-electron chi connectivity index (χ0n) is 10.8. The number of ether oxygens (including phenoxy) is 3. The van der Waals surface area contributed by atoms with Crippen LogP contribution < -0.4 is 15.2 Å². The number of hydrogen-bond acceptors (Lipinski definition) is 4. The highest BCUT2D eigenvalue weighted by Crippen LogP contribution is 2.32. The number of hydrogen-bond donors (Lipinski definition) is 1. The normalized spacial score (nSPS) is 12.7. The van der Waals surface area contributed by atoms with Crippen molar-refractivity contribution in [3.05, 3.63) is 52.0 Å². The molecule has 104 valence electrons. The van der Waals surface area contributed by atoms with Crippen LogP contribution in [0.1, 0.15) is 11.1 Å². The van der Waals surface area contributed by atoms with E-state index in [4.69, 9.17) is 19.9 Å². The summed E-state index contributed by atoms with van der Waals surface area (Å²) in [5.74, 6) is 1.56. The van der Waals surface area contributed by atoms with Crippen LogP contribution >= 0.6 is 15.9 Å². The molecule has 20 heavy (non-hydrogen) atoms. The molecule has 2 N–H and O–H groups in total. The Bertz CT molecular complexity index is 610. The van der Waals surface area contributed by atoms with Gasteiger partial charge in [0.2, 0.25) is 6.79 Å². The summed E-state index contributed by atoms with van der Waals surface area (Å²) in [6.07, 6.45) is 0. The van der Waals surface area contributed by atoms with Crippen molar-refractivity contribution in [1.29, 1.82) is 0 Å². The topological polar surface area (TPSA) is 53.7 Å². The second kappa shape index (κ2) is 5.73. The predicted octanol–water partition coefficient (Wildman–Crippen LogP) is 3.48. The van der Waals surface area contributed by atoms with Crippen LogP contribution in [0.3, 0.4) is 0 Å². The third-order valence-corrected chi connectivity index (χ3v) is 3.41. The molecule has 0 atom stereocenters. The Kier molecular flexibility index (Phi) is 3.80. The molecule has 2 aromatic rings. The van der Waals surface area contributed by atoms with E-state index < -0.39 is 0 Å². The fourth-order valence-corrected chi connectivity index (χ4v) is 2.63. The van der Waals surface area contributed by atoms with Crippen LogP contribution in [0.25, 0.3) is 0 Å². The van der Waals surface area contributed by atoms with E-state index in [1.54, 1.807) is 0 Å². The molecule has 3 rings (SSSR count). The second-order valence-corrected chi connectivity index (χ2v) is 5.49. The van der Waals surface area contributed by atoms with E-state index in [-0.39, 0.29) is 6.79 Å². The molecule has 1 aliphatic heterocycles. The van der Waals surface area contributed by atoms with Gasteiger partial charge in [0.25, 0.3) is 0 Å². The van der Waals surface area contributed by atoms with Crippen LogP contribution in [0.2, 0.25) is 0 Å². The van der Waals surface area contributed by atoms with Gasteiger partial charge in [-0.15, -0.1) is 0 Å². The molecule has 0 unspecified atom stereocenters. The maximum absolute atomic E-state index is 5.79. The smallest absolute Gasteiger partial charge is 0.231 e. The molecule has 0 saturated carbocycles. The Morgan fingerprint density at radius 2 is 1.80 bits per heavy atom. The monoisotopic (exact) mass is 335 g/mol. The van der Waals surface area contributed by atoms with Crippen molar-refractivity contribution in [2.24, 2.45) is 0 Å². The second-order valence-electron chi connectivity index (χ2n) is 4.57. The van der Waals surface area contributed by atoms with Gasteiger partial charge >= 0.3 is 0 Å². The van der Waals surface area contributed by atoms with Crippen LogP contribution in [0, 0.1) is 0 Å². The molecule has 0 amide bonds. The van der Waals surface area contributed by atoms with Gasteiger partial charge in [0, 0.05) is 10.2 Å². The Morgan fingerprint density at radius 3 is 2.65 bits per heavy atom. The number of rotatable bonds is 4. The van der Waals surface area contributed by atoms with Gasteiger partial charge in [0.15, 0.2) is 11.5 Å². The lowest BCUT2D eigenvalue weighted by Crippen LogP contribution is -1.96. The zero-order chi connectivity index (χ0) is 13.9. The molecular weight excluding hydrogens is 322 g/mol. The molecule has 0 saturated heterocycles. The maximum Gasteiger partial charge on any atom is 0.231 e. The van der Waals surface area contributed by atoms with Gasteiger partial charge in [-0.1, -0.05) is 22.0 Å². The van der Waals surface area contributed by atoms with Crippen molar-refractivity contribution in [2.75, 3.05) is 12.5 Å². The van der Waals surface area contributed by atoms with Crippen molar-refractivity contribution in [1.82, 2.24) is 0 Å². The van der Waals surface area contributed by atoms with Crippen molar-refractivity contribution >= 4 is 21.6 Å². The molecule has 0 aromatic heterocycles. The lowest BCUT2D eigenvalue weighted by Gasteiger charge is -2.07. The summed E-state index contributed by atoms with van der Waals surface area (Å²) in [5.41, 5.74) is 8.60. The van der Waals surface area contributed by atoms with Gasteiger partial charge in [-0.2, -0.15) is 0 Å². The quantitative estimate of drug-likeness (QED) is 0.869. The maximum atomic E-state index is 5.79. The summed E-state index contributed by atoms with van der Waals surface area (Å²) >= 11 is 3.42. The first-order chi connectivity index (χ1) is 9.70. The Labute approximate surface area is 125 Å². The summed E-state index contributed by atoms with van der Waals surface area (Å²) in [6.45, 7) is 1.32. The van der Waals surface area contributed by atoms with Gasteiger partial charge in [0.05, 0.1) is 13.2 Å². The van der Waals surface area contributed by atoms with E-state index in [1.165, 1.54) is 0 Å². The fraction of sp³-hybridized carbons (Fsp3) is 0.200. The first kappa shape index (κ1) is 13.3. The summed E-state index contributed by atoms with van der Waals surface area (Å²) in [5, 5.41) is 0. The predicted molar refractivity (Wildman–Crippen MR) is 79.6 cm³/mol. The van der Waals surface area contributed by atoms with Crippen LogP contribution in [-0.4, -0.2) is 6.79 Å². The standard InChI is InChI=1S/C15H14BrNO3/c16-12-3-11(4-13(17)6-12)8-18-7-10-1-2-14-15(5-10)20-9-19-14/h1-6H,7-9,17H2. The first-order valence-corrected chi connectivity index (χ1v) is 7.01. The number of nitrogens with two attached hydrogens (primary N) is 1. The van der Waals surface area contributed by atoms with Crippen LogP contribution in [0.4, 0.5) is 5.69 Å². The number of fused-ring (bicyclic) bond motifs is 1. The molecule has 2 aromatic carbocycles. The minimum absolute atomic E-state index is 0.289. The van der Waals surface area contributed by atoms with Crippen LogP contribution in [-0.2, 0) is 18.0 Å². The van der Waals surface area contributed by atoms with E-state index in [0.29, 0.717) is 13.2 Å². The van der Waals surface area contributed by atoms with Crippen molar-refractivity contribution in [2.45, 2.75) is 13.2 Å². The molecule has 1 aliphatic rings. The van der Waals surface area contributed by atoms with Crippen molar-refractivity contribution < 1.29 is 14.2 Å². The summed E-state index contributed by atoms with van der Waals surface area (Å²) < 4.78 is 17.3. The molecule has 5 heteroatoms. The Hall–Kier alpha value is -1.72. The lowest BCUT2D eigenvalue weighted by atomic mass is 10.2. The zero-order valence-corrected chi connectivity index (χ0v) is 12.4. The largest absolute Gasteiger partial charge is 0.454 e. The van der Waals surface area contributed by atoms with Crippen LogP contribution in [0.15, 0.2) is 40.9 Å². The molecule has 1 heterocycles. The van der Waals surface area contributed by atoms with E-state index >= 15 is 0 Å². The summed E-state index contributed by atoms with van der Waals surface area (Å²) in [4.78, 5) is 0. The molecule has 4 nitrogen and oxygen atoms in total. The van der Waals surface area contributed by atoms with Gasteiger partial charge in [-0.3, -0.25) is 0 Å². The third kappa shape index (κ3) is 3.05. The first-order valence-electron chi connectivity index (χ1n) is 6.22. The average Bonchev–Trinajstić information content (AvgIpc) is 2.85. The third-order valence-electron chi connectivity index (χ3n) is 2.95. The van der Waals surface area contributed by atoms with Gasteiger partial charge in [0.1, 0.15) is 0 Å². The van der Waals surface area contributed by atoms with E-state index in [0.717, 1.165) is 32.8 Å². The van der Waals surface area contributed by atoms with Gasteiger partial charge < -0.3 is 19.9 Å². The van der Waals surface area contributed by atoms with Crippen LogP contribution in [0.5, 0.6) is 11.5 Å². The average molecular weight is 336 g/mol. The van der Waals surface area contributed by atoms with Gasteiger partial charge in [-0.25, -0.2) is 0 Å². The number of nitrogen functional groups attached to an aromatic ring is 1. The highest BCUT2D eigenvalue weighted by molar-refractivity contribution is 9.10. The highest BCUT2D eigenvalue weighted by atomic mass is 79.9. The minimum atomic E-state index is 0.289. The molecule has 0 fully saturated rings. The Morgan fingerprint density at radius 1 is 1.00 bits per heavy atom. The number of halogens is 1. The minimum Gasteiger partial charge on any atom is -0.454 e. The summed E-state index contributed by atoms with van der Waals surface area (Å²) in [7, 11) is 0. The molecule has 0 bridgehead atoms. The molecular formula is C15H14BrNO3. The molecule has 0 aliphatic carbocycles. The highest BCUT2D eigenvalue weighted by Gasteiger charge is 2.13.